The van der Waals surface area contributed by atoms with Gasteiger partial charge in [0, 0.05) is 17.0 Å². The van der Waals surface area contributed by atoms with E-state index in [2.05, 4.69) is 11.2 Å². The second-order valence-corrected chi connectivity index (χ2v) is 9.19. The molecular weight excluding hydrogens is 490 g/mol. The third-order valence-corrected chi connectivity index (χ3v) is 6.32. The number of nitrogens with zero attached hydrogens (tertiary/aromatic N) is 5. The van der Waals surface area contributed by atoms with Crippen molar-refractivity contribution in [2.45, 2.75) is 20.5 Å². The van der Waals surface area contributed by atoms with Gasteiger partial charge < -0.3 is 14.7 Å². The Labute approximate surface area is 225 Å². The van der Waals surface area contributed by atoms with Gasteiger partial charge in [-0.1, -0.05) is 53.2 Å². The summed E-state index contributed by atoms with van der Waals surface area (Å²) in [4.78, 5) is 15.2. The molecule has 1 N–H and O–H groups in total. The second kappa shape index (κ2) is 10.3. The molecule has 6 rings (SSSR count). The molecule has 3 aromatic carbocycles. The molecule has 8 heteroatoms. The molecule has 192 valence electrons. The zero-order valence-corrected chi connectivity index (χ0v) is 21.4. The molecule has 0 saturated carbocycles. The summed E-state index contributed by atoms with van der Waals surface area (Å²) < 4.78 is 8.14. The first kappa shape index (κ1) is 24.1. The number of aromatic hydroxyl groups is 1. The number of ether oxygens (including phenoxy) is 1. The van der Waals surface area contributed by atoms with E-state index in [1.54, 1.807) is 30.3 Å². The van der Waals surface area contributed by atoms with Crippen LogP contribution in [0.3, 0.4) is 0 Å². The molecular formula is C31H25N5O3. The highest BCUT2D eigenvalue weighted by Gasteiger charge is 2.21. The van der Waals surface area contributed by atoms with Crippen LogP contribution in [0.1, 0.15) is 27.9 Å². The number of rotatable bonds is 6. The maximum absolute atomic E-state index is 9.72. The molecule has 3 heterocycles. The number of fused-ring (bicyclic) bond motifs is 1. The Morgan fingerprint density at radius 2 is 1.74 bits per heavy atom. The zero-order valence-electron chi connectivity index (χ0n) is 21.4. The molecule has 0 atom stereocenters. The number of hydrogen-bond donors (Lipinski definition) is 1. The van der Waals surface area contributed by atoms with Crippen LogP contribution in [0, 0.1) is 13.8 Å². The number of para-hydroxylation sites is 1. The van der Waals surface area contributed by atoms with Crippen LogP contribution in [-0.2, 0) is 11.4 Å². The molecule has 0 radical (unpaired) electrons. The Balaban J connectivity index is 1.49. The van der Waals surface area contributed by atoms with Crippen LogP contribution in [0.2, 0.25) is 0 Å². The van der Waals surface area contributed by atoms with E-state index >= 15 is 0 Å². The van der Waals surface area contributed by atoms with Crippen molar-refractivity contribution in [2.75, 3.05) is 0 Å². The first-order chi connectivity index (χ1) is 19.0. The third kappa shape index (κ3) is 5.00. The van der Waals surface area contributed by atoms with Gasteiger partial charge in [-0.25, -0.2) is 9.67 Å². The molecule has 1 aliphatic heterocycles. The summed E-state index contributed by atoms with van der Waals surface area (Å²) in [6.07, 6.45) is 3.19. The number of oxime groups is 1. The Kier molecular flexibility index (Phi) is 6.34. The zero-order chi connectivity index (χ0) is 26.8. The number of aliphatic imine (C=N–C) groups is 1. The predicted octanol–water partition coefficient (Wildman–Crippen LogP) is 6.02. The van der Waals surface area contributed by atoms with Gasteiger partial charge in [-0.3, -0.25) is 0 Å². The summed E-state index contributed by atoms with van der Waals surface area (Å²) in [7, 11) is 0. The highest BCUT2D eigenvalue weighted by Crippen LogP contribution is 2.29. The maximum atomic E-state index is 9.72. The van der Waals surface area contributed by atoms with Crippen molar-refractivity contribution < 1.29 is 14.7 Å². The fraction of sp³-hybridized carbons (Fsp3) is 0.0968. The molecule has 8 nitrogen and oxygen atoms in total. The van der Waals surface area contributed by atoms with Crippen LogP contribution in [0.15, 0.2) is 107 Å². The van der Waals surface area contributed by atoms with Crippen LogP contribution in [-0.4, -0.2) is 31.4 Å². The topological polar surface area (TPSA) is 94.1 Å². The first-order valence-electron chi connectivity index (χ1n) is 12.5. The average Bonchev–Trinajstić information content (AvgIpc) is 3.11. The number of amidine groups is 1. The molecule has 39 heavy (non-hydrogen) atoms. The fourth-order valence-corrected chi connectivity index (χ4v) is 4.39. The van der Waals surface area contributed by atoms with E-state index < -0.39 is 0 Å². The van der Waals surface area contributed by atoms with E-state index in [0.29, 0.717) is 35.2 Å². The quantitative estimate of drug-likeness (QED) is 0.299. The number of pyridine rings is 1. The van der Waals surface area contributed by atoms with Gasteiger partial charge in [0.15, 0.2) is 5.65 Å². The largest absolute Gasteiger partial charge is 0.508 e. The monoisotopic (exact) mass is 515 g/mol. The average molecular weight is 516 g/mol. The Hall–Kier alpha value is -5.24. The lowest BCUT2D eigenvalue weighted by molar-refractivity contribution is 0.268. The third-order valence-electron chi connectivity index (χ3n) is 6.32. The fourth-order valence-electron chi connectivity index (χ4n) is 4.39. The smallest absolute Gasteiger partial charge is 0.227 e. The highest BCUT2D eigenvalue weighted by atomic mass is 16.6. The van der Waals surface area contributed by atoms with Crippen molar-refractivity contribution in [2.24, 2.45) is 10.1 Å². The SMILES string of the molecule is Cc1cccc(COc2nc3c(cc2C2=NOC=CC(c4ccc(O)cc4)=N2)c(C)nn3-c2ccccc2)c1. The standard InChI is InChI=1S/C31H25N5O3/c1-20-7-6-8-22(17-20)19-38-31-27(29-32-28(15-16-39-35-29)23-11-13-25(37)14-12-23)18-26-21(2)34-36(30(26)33-31)24-9-4-3-5-10-24/h3-18,37H,19H2,1-2H3. The molecule has 5 aromatic rings. The van der Waals surface area contributed by atoms with Crippen LogP contribution in [0.4, 0.5) is 0 Å². The minimum Gasteiger partial charge on any atom is -0.508 e. The van der Waals surface area contributed by atoms with Crippen molar-refractivity contribution in [3.63, 3.8) is 0 Å². The van der Waals surface area contributed by atoms with E-state index in [1.165, 1.54) is 6.26 Å². The molecule has 0 aliphatic carbocycles. The lowest BCUT2D eigenvalue weighted by Gasteiger charge is -2.12. The van der Waals surface area contributed by atoms with Crippen LogP contribution < -0.4 is 4.74 Å². The van der Waals surface area contributed by atoms with Gasteiger partial charge in [0.05, 0.1) is 22.7 Å². The summed E-state index contributed by atoms with van der Waals surface area (Å²) in [5.41, 5.74) is 6.52. The van der Waals surface area contributed by atoms with E-state index in [0.717, 1.165) is 33.5 Å². The number of allylic oxidation sites excluding steroid dienone is 1. The number of phenolic OH excluding ortho intramolecular Hbond substituents is 1. The lowest BCUT2D eigenvalue weighted by atomic mass is 10.1. The summed E-state index contributed by atoms with van der Waals surface area (Å²) >= 11 is 0. The van der Waals surface area contributed by atoms with E-state index in [-0.39, 0.29) is 5.75 Å². The molecule has 0 unspecified atom stereocenters. The first-order valence-corrected chi connectivity index (χ1v) is 12.5. The Bertz CT molecular complexity index is 1750. The summed E-state index contributed by atoms with van der Waals surface area (Å²) in [5, 5.41) is 19.6. The summed E-state index contributed by atoms with van der Waals surface area (Å²) in [6.45, 7) is 4.30. The van der Waals surface area contributed by atoms with Gasteiger partial charge in [0.25, 0.3) is 0 Å². The van der Waals surface area contributed by atoms with Gasteiger partial charge >= 0.3 is 0 Å². The number of hydrogen-bond acceptors (Lipinski definition) is 7. The van der Waals surface area contributed by atoms with Gasteiger partial charge in [0.2, 0.25) is 11.7 Å². The van der Waals surface area contributed by atoms with Gasteiger partial charge in [-0.05, 0) is 61.9 Å². The molecule has 0 amide bonds. The Morgan fingerprint density at radius 1 is 0.923 bits per heavy atom. The van der Waals surface area contributed by atoms with E-state index in [4.69, 9.17) is 24.6 Å². The molecule has 0 bridgehead atoms. The molecule has 0 spiro atoms. The molecule has 1 aliphatic rings. The number of aryl methyl sites for hydroxylation is 2. The van der Waals surface area contributed by atoms with Crippen molar-refractivity contribution >= 4 is 22.6 Å². The van der Waals surface area contributed by atoms with Crippen molar-refractivity contribution in [3.8, 4) is 17.3 Å². The lowest BCUT2D eigenvalue weighted by Crippen LogP contribution is -2.09. The van der Waals surface area contributed by atoms with Gasteiger partial charge in [-0.2, -0.15) is 10.1 Å². The minimum absolute atomic E-state index is 0.175. The summed E-state index contributed by atoms with van der Waals surface area (Å²) in [6, 6.07) is 26.7. The van der Waals surface area contributed by atoms with Gasteiger partial charge in [0.1, 0.15) is 18.6 Å². The van der Waals surface area contributed by atoms with Crippen molar-refractivity contribution in [3.05, 3.63) is 125 Å². The van der Waals surface area contributed by atoms with Crippen LogP contribution in [0.25, 0.3) is 16.7 Å². The van der Waals surface area contributed by atoms with E-state index in [9.17, 15) is 5.11 Å². The Morgan fingerprint density at radius 3 is 2.54 bits per heavy atom. The minimum atomic E-state index is 0.175. The molecule has 2 aromatic heterocycles. The number of phenols is 1. The predicted molar refractivity (Wildman–Crippen MR) is 151 cm³/mol. The molecule has 0 fully saturated rings. The van der Waals surface area contributed by atoms with E-state index in [1.807, 2.05) is 73.1 Å². The van der Waals surface area contributed by atoms with Crippen LogP contribution >= 0.6 is 0 Å². The van der Waals surface area contributed by atoms with Crippen LogP contribution in [0.5, 0.6) is 11.6 Å². The highest BCUT2D eigenvalue weighted by molar-refractivity contribution is 6.18. The normalized spacial score (nSPS) is 13.0. The van der Waals surface area contributed by atoms with Crippen molar-refractivity contribution in [1.29, 1.82) is 0 Å². The second-order valence-electron chi connectivity index (χ2n) is 9.19. The number of aromatic nitrogens is 3. The summed E-state index contributed by atoms with van der Waals surface area (Å²) in [5.74, 6) is 0.845. The molecule has 0 saturated heterocycles. The van der Waals surface area contributed by atoms with Crippen molar-refractivity contribution in [1.82, 2.24) is 14.8 Å². The number of benzene rings is 3. The maximum Gasteiger partial charge on any atom is 0.227 e. The van der Waals surface area contributed by atoms with Gasteiger partial charge in [-0.15, -0.1) is 0 Å².